The number of piperidine rings is 1. The molecule has 0 aromatic heterocycles. The Morgan fingerprint density at radius 1 is 0.860 bits per heavy atom. The summed E-state index contributed by atoms with van der Waals surface area (Å²) in [5, 5.41) is 2.84. The molecular formula is C36H45N2O4P. The van der Waals surface area contributed by atoms with E-state index < -0.39 is 30.8 Å². The van der Waals surface area contributed by atoms with Gasteiger partial charge in [-0.15, -0.1) is 0 Å². The maximum Gasteiger partial charge on any atom is 0.328 e. The number of ketones is 1. The predicted molar refractivity (Wildman–Crippen MR) is 178 cm³/mol. The molecule has 1 saturated heterocycles. The van der Waals surface area contributed by atoms with E-state index in [-0.39, 0.29) is 17.0 Å². The number of hydrogen-bond donors (Lipinski definition) is 1. The average Bonchev–Trinajstić information content (AvgIpc) is 3.04. The highest BCUT2D eigenvalue weighted by Crippen LogP contribution is 2.47. The normalized spacial score (nSPS) is 16.0. The summed E-state index contributed by atoms with van der Waals surface area (Å²) in [4.78, 5) is 45.0. The number of unbranched alkanes of at least 4 members (excludes halogenated alkanes) is 1. The summed E-state index contributed by atoms with van der Waals surface area (Å²) in [5.41, 5.74) is 6.68. The van der Waals surface area contributed by atoms with E-state index >= 15 is 4.79 Å². The third-order valence-corrected chi connectivity index (χ3v) is 12.3. The van der Waals surface area contributed by atoms with Crippen LogP contribution in [0.4, 0.5) is 0 Å². The van der Waals surface area contributed by atoms with Gasteiger partial charge in [0, 0.05) is 6.54 Å². The molecule has 1 aliphatic heterocycles. The number of hydrogen-bond acceptors (Lipinski definition) is 5. The van der Waals surface area contributed by atoms with E-state index in [0.717, 1.165) is 41.6 Å². The highest BCUT2D eigenvalue weighted by Gasteiger charge is 2.43. The molecule has 1 amide bonds. The number of ether oxygens (including phenoxy) is 1. The largest absolute Gasteiger partial charge is 0.464 e. The van der Waals surface area contributed by atoms with Gasteiger partial charge in [-0.2, -0.15) is 0 Å². The van der Waals surface area contributed by atoms with Crippen molar-refractivity contribution in [1.82, 2.24) is 4.90 Å². The SMILES string of the molecule is CCCCOC(=O)[C@@H]1CCCCN1C(=O)C(C(=O)[C@H](N)CC(C)C)=P(c1ccccc1)(c1ccccc1)c1ccccc1. The molecule has 43 heavy (non-hydrogen) atoms. The molecule has 228 valence electrons. The topological polar surface area (TPSA) is 89.7 Å². The van der Waals surface area contributed by atoms with Gasteiger partial charge in [0.05, 0.1) is 17.9 Å². The van der Waals surface area contributed by atoms with Gasteiger partial charge in [-0.25, -0.2) is 4.79 Å². The molecular weight excluding hydrogens is 555 g/mol. The van der Waals surface area contributed by atoms with Crippen LogP contribution < -0.4 is 21.6 Å². The first-order valence-electron chi connectivity index (χ1n) is 15.5. The van der Waals surface area contributed by atoms with Gasteiger partial charge < -0.3 is 15.4 Å². The number of amides is 1. The average molecular weight is 601 g/mol. The van der Waals surface area contributed by atoms with Crippen molar-refractivity contribution in [1.29, 1.82) is 0 Å². The monoisotopic (exact) mass is 600 g/mol. The van der Waals surface area contributed by atoms with E-state index in [9.17, 15) is 9.59 Å². The lowest BCUT2D eigenvalue weighted by Crippen LogP contribution is -2.55. The molecule has 3 aromatic carbocycles. The van der Waals surface area contributed by atoms with Crippen molar-refractivity contribution in [3.63, 3.8) is 0 Å². The molecule has 6 nitrogen and oxygen atoms in total. The number of esters is 1. The van der Waals surface area contributed by atoms with Gasteiger partial charge in [-0.1, -0.05) is 118 Å². The Morgan fingerprint density at radius 3 is 1.84 bits per heavy atom. The van der Waals surface area contributed by atoms with Crippen molar-refractivity contribution >= 4 is 45.8 Å². The summed E-state index contributed by atoms with van der Waals surface area (Å²) in [6, 6.07) is 28.0. The number of nitrogens with zero attached hydrogens (tertiary/aromatic N) is 1. The summed E-state index contributed by atoms with van der Waals surface area (Å²) >= 11 is 0. The highest BCUT2D eigenvalue weighted by atomic mass is 31.2. The van der Waals surface area contributed by atoms with E-state index in [0.29, 0.717) is 26.0 Å². The predicted octanol–water partition coefficient (Wildman–Crippen LogP) is 4.82. The van der Waals surface area contributed by atoms with E-state index in [2.05, 4.69) is 0 Å². The first kappa shape index (κ1) is 32.4. The number of Topliss-reactive ketones (excluding diaryl/α,β-unsaturated/α-hetero) is 1. The van der Waals surface area contributed by atoms with Crippen molar-refractivity contribution in [3.8, 4) is 0 Å². The van der Waals surface area contributed by atoms with Gasteiger partial charge in [0.15, 0.2) is 5.78 Å². The number of rotatable bonds is 12. The summed E-state index contributed by atoms with van der Waals surface area (Å²) in [6.45, 7) is 3.70. The molecule has 0 bridgehead atoms. The standard InChI is InChI=1S/C36H45N2O4P/c1-4-5-25-42-36(41)32-23-15-16-24-38(32)35(40)34(33(39)31(37)26-27(2)3)43(28-17-9-6-10-18-28,29-19-11-7-12-20-29)30-21-13-8-14-22-30/h6-14,17-22,27,31-32H,4-5,15-16,23-26,37H2,1-3H3/t31-,32+/m1/s1. The van der Waals surface area contributed by atoms with Crippen molar-refractivity contribution in [2.75, 3.05) is 13.2 Å². The lowest BCUT2D eigenvalue weighted by molar-refractivity contribution is -0.155. The Morgan fingerprint density at radius 2 is 1.37 bits per heavy atom. The molecule has 7 heteroatoms. The zero-order valence-corrected chi connectivity index (χ0v) is 26.5. The van der Waals surface area contributed by atoms with Gasteiger partial charge in [0.1, 0.15) is 6.04 Å². The Balaban J connectivity index is 2.09. The second-order valence-corrected chi connectivity index (χ2v) is 15.0. The summed E-state index contributed by atoms with van der Waals surface area (Å²) in [7, 11) is 0. The minimum atomic E-state index is -3.08. The van der Waals surface area contributed by atoms with Crippen LogP contribution in [0.2, 0.25) is 0 Å². The molecule has 2 N–H and O–H groups in total. The Kier molecular flexibility index (Phi) is 11.6. The Hall–Kier alpha value is -3.47. The Labute approximate surface area is 256 Å². The van der Waals surface area contributed by atoms with Crippen molar-refractivity contribution < 1.29 is 19.1 Å². The zero-order valence-electron chi connectivity index (χ0n) is 25.7. The minimum Gasteiger partial charge on any atom is -0.464 e. The first-order valence-corrected chi connectivity index (χ1v) is 17.3. The van der Waals surface area contributed by atoms with Crippen LogP contribution in [-0.4, -0.2) is 53.1 Å². The van der Waals surface area contributed by atoms with Gasteiger partial charge in [0.2, 0.25) is 0 Å². The van der Waals surface area contributed by atoms with Crippen LogP contribution in [0.5, 0.6) is 0 Å². The van der Waals surface area contributed by atoms with E-state index in [1.807, 2.05) is 112 Å². The van der Waals surface area contributed by atoms with Crippen LogP contribution >= 0.6 is 6.89 Å². The van der Waals surface area contributed by atoms with Crippen molar-refractivity contribution in [2.24, 2.45) is 11.7 Å². The molecule has 0 spiro atoms. The molecule has 0 aliphatic carbocycles. The number of likely N-dealkylation sites (tertiary alicyclic amines) is 1. The molecule has 1 fully saturated rings. The van der Waals surface area contributed by atoms with Crippen LogP contribution in [0.1, 0.15) is 59.3 Å². The maximum absolute atomic E-state index is 15.2. The quantitative estimate of drug-likeness (QED) is 0.139. The van der Waals surface area contributed by atoms with Crippen molar-refractivity contribution in [2.45, 2.75) is 71.4 Å². The van der Waals surface area contributed by atoms with Gasteiger partial charge in [-0.3, -0.25) is 9.59 Å². The van der Waals surface area contributed by atoms with Crippen LogP contribution in [0.15, 0.2) is 91.0 Å². The third-order valence-electron chi connectivity index (χ3n) is 8.04. The molecule has 3 aromatic rings. The third kappa shape index (κ3) is 7.20. The lowest BCUT2D eigenvalue weighted by atomic mass is 9.97. The highest BCUT2D eigenvalue weighted by molar-refractivity contribution is 7.97. The van der Waals surface area contributed by atoms with Crippen LogP contribution in [-0.2, 0) is 19.1 Å². The van der Waals surface area contributed by atoms with Gasteiger partial charge >= 0.3 is 5.97 Å². The second-order valence-electron chi connectivity index (χ2n) is 11.7. The fourth-order valence-electron chi connectivity index (χ4n) is 5.96. The Bertz CT molecular complexity index is 1320. The molecule has 1 aliphatic rings. The number of carbonyl (C=O) groups excluding carboxylic acids is 3. The molecule has 1 heterocycles. The van der Waals surface area contributed by atoms with Crippen molar-refractivity contribution in [3.05, 3.63) is 91.0 Å². The zero-order chi connectivity index (χ0) is 30.8. The fraction of sp³-hybridized carbons (Fsp3) is 0.389. The van der Waals surface area contributed by atoms with E-state index in [1.54, 1.807) is 4.90 Å². The van der Waals surface area contributed by atoms with Crippen LogP contribution in [0.3, 0.4) is 0 Å². The summed E-state index contributed by atoms with van der Waals surface area (Å²) < 4.78 is 5.64. The summed E-state index contributed by atoms with van der Waals surface area (Å²) in [6.07, 6.45) is 4.16. The second kappa shape index (κ2) is 15.3. The molecule has 0 unspecified atom stereocenters. The maximum atomic E-state index is 15.2. The van der Waals surface area contributed by atoms with E-state index in [1.165, 1.54) is 0 Å². The number of nitrogens with two attached hydrogens (primary N) is 1. The summed E-state index contributed by atoms with van der Waals surface area (Å²) in [5.74, 6) is -1.01. The molecule has 0 radical (unpaired) electrons. The first-order chi connectivity index (χ1) is 20.8. The van der Waals surface area contributed by atoms with E-state index in [4.69, 9.17) is 10.5 Å². The van der Waals surface area contributed by atoms with Crippen LogP contribution in [0, 0.1) is 5.92 Å². The molecule has 4 rings (SSSR count). The number of benzene rings is 3. The van der Waals surface area contributed by atoms with Gasteiger partial charge in [0.25, 0.3) is 5.91 Å². The van der Waals surface area contributed by atoms with Crippen LogP contribution in [0.25, 0.3) is 0 Å². The van der Waals surface area contributed by atoms with Gasteiger partial charge in [-0.05, 0) is 60.8 Å². The minimum absolute atomic E-state index is 0.157. The number of carbonyl (C=O) groups is 3. The molecule has 2 atom stereocenters. The lowest BCUT2D eigenvalue weighted by Gasteiger charge is -2.38. The fourth-order valence-corrected chi connectivity index (χ4v) is 10.4. The molecule has 0 saturated carbocycles. The smallest absolute Gasteiger partial charge is 0.328 e.